The van der Waals surface area contributed by atoms with Gasteiger partial charge in [0, 0.05) is 14.1 Å². The van der Waals surface area contributed by atoms with Crippen LogP contribution in [-0.2, 0) is 27.1 Å². The van der Waals surface area contributed by atoms with Gasteiger partial charge in [0.15, 0.2) is 11.2 Å². The van der Waals surface area contributed by atoms with Crippen LogP contribution in [0.2, 0.25) is 0 Å². The molecular weight excluding hydrogens is 422 g/mol. The van der Waals surface area contributed by atoms with Crippen LogP contribution in [0.1, 0.15) is 50.2 Å². The molecule has 3 heterocycles. The first-order valence-electron chi connectivity index (χ1n) is 11.3. The van der Waals surface area contributed by atoms with Crippen molar-refractivity contribution in [1.29, 1.82) is 0 Å². The third-order valence-electron chi connectivity index (χ3n) is 6.18. The first kappa shape index (κ1) is 22.6. The van der Waals surface area contributed by atoms with E-state index in [2.05, 4.69) is 11.9 Å². The van der Waals surface area contributed by atoms with E-state index in [4.69, 9.17) is 0 Å². The maximum atomic E-state index is 13.5. The molecule has 0 spiro atoms. The van der Waals surface area contributed by atoms with E-state index >= 15 is 0 Å². The van der Waals surface area contributed by atoms with Crippen molar-refractivity contribution in [2.75, 3.05) is 0 Å². The fourth-order valence-electron chi connectivity index (χ4n) is 4.28. The summed E-state index contributed by atoms with van der Waals surface area (Å²) >= 11 is 0. The predicted octanol–water partition coefficient (Wildman–Crippen LogP) is 2.31. The minimum atomic E-state index is -0.594. The van der Waals surface area contributed by atoms with E-state index in [0.29, 0.717) is 6.42 Å². The highest BCUT2D eigenvalue weighted by atomic mass is 16.3. The van der Waals surface area contributed by atoms with Crippen molar-refractivity contribution in [1.82, 2.24) is 23.1 Å². The second kappa shape index (κ2) is 9.09. The van der Waals surface area contributed by atoms with Gasteiger partial charge in [0.25, 0.3) is 11.1 Å². The maximum Gasteiger partial charge on any atom is 0.332 e. The van der Waals surface area contributed by atoms with Crippen LogP contribution in [0.3, 0.4) is 0 Å². The van der Waals surface area contributed by atoms with Crippen molar-refractivity contribution in [2.24, 2.45) is 14.1 Å². The van der Waals surface area contributed by atoms with Crippen molar-refractivity contribution in [2.45, 2.75) is 52.0 Å². The summed E-state index contributed by atoms with van der Waals surface area (Å²) in [5.74, 6) is -0.0200. The van der Waals surface area contributed by atoms with Gasteiger partial charge < -0.3 is 5.11 Å². The van der Waals surface area contributed by atoms with Crippen molar-refractivity contribution in [3.8, 4) is 5.88 Å². The van der Waals surface area contributed by atoms with E-state index in [1.165, 1.54) is 23.1 Å². The van der Waals surface area contributed by atoms with Crippen LogP contribution >= 0.6 is 0 Å². The molecule has 9 heteroatoms. The monoisotopic (exact) mass is 451 g/mol. The highest BCUT2D eigenvalue weighted by Gasteiger charge is 2.24. The molecule has 4 rings (SSSR count). The Hall–Kier alpha value is -3.62. The van der Waals surface area contributed by atoms with Crippen LogP contribution in [0.25, 0.3) is 16.9 Å². The van der Waals surface area contributed by atoms with Gasteiger partial charge in [-0.15, -0.1) is 0 Å². The van der Waals surface area contributed by atoms with Crippen LogP contribution in [0.4, 0.5) is 0 Å². The summed E-state index contributed by atoms with van der Waals surface area (Å²) in [6.45, 7) is 2.40. The molecule has 0 saturated heterocycles. The normalized spacial score (nSPS) is 11.6. The molecule has 0 bridgehead atoms. The summed E-state index contributed by atoms with van der Waals surface area (Å²) in [5.41, 5.74) is -0.288. The number of aryl methyl sites for hydroxylation is 1. The molecular formula is C24H29N5O4. The quantitative estimate of drug-likeness (QED) is 0.414. The minimum Gasteiger partial charge on any atom is -0.494 e. The Bertz CT molecular complexity index is 1490. The number of nitrogens with zero attached hydrogens (tertiary/aromatic N) is 5. The van der Waals surface area contributed by atoms with E-state index in [9.17, 15) is 19.5 Å². The first-order valence-corrected chi connectivity index (χ1v) is 11.3. The van der Waals surface area contributed by atoms with Gasteiger partial charge in [-0.1, -0.05) is 62.9 Å². The zero-order valence-electron chi connectivity index (χ0n) is 19.2. The first-order chi connectivity index (χ1) is 15.9. The molecule has 0 aliphatic rings. The molecule has 174 valence electrons. The summed E-state index contributed by atoms with van der Waals surface area (Å²) in [6.07, 6.45) is 5.40. The number of hydrogen-bond donors (Lipinski definition) is 1. The molecule has 4 aromatic rings. The fraction of sp³-hybridized carbons (Fsp3) is 0.417. The minimum absolute atomic E-state index is 0.0358. The van der Waals surface area contributed by atoms with Crippen molar-refractivity contribution in [3.05, 3.63) is 72.7 Å². The summed E-state index contributed by atoms with van der Waals surface area (Å²) in [7, 11) is 2.89. The predicted molar refractivity (Wildman–Crippen MR) is 127 cm³/mol. The summed E-state index contributed by atoms with van der Waals surface area (Å²) in [5, 5.41) is 11.2. The SMILES string of the molecule is CCCCCCCc1c(O)n(Cc2ccccc2)c2nc3c(c(=O)n(C)c(=O)n3C)n2c1=O. The lowest BCUT2D eigenvalue weighted by Gasteiger charge is -2.15. The summed E-state index contributed by atoms with van der Waals surface area (Å²) in [4.78, 5) is 43.4. The van der Waals surface area contributed by atoms with E-state index in [1.807, 2.05) is 30.3 Å². The van der Waals surface area contributed by atoms with Crippen LogP contribution in [0, 0.1) is 0 Å². The molecule has 3 aromatic heterocycles. The number of hydrogen-bond acceptors (Lipinski definition) is 5. The highest BCUT2D eigenvalue weighted by Crippen LogP contribution is 2.23. The van der Waals surface area contributed by atoms with Crippen molar-refractivity contribution in [3.63, 3.8) is 0 Å². The smallest absolute Gasteiger partial charge is 0.332 e. The standard InChI is InChI=1S/C24H29N5O4/c1-4-5-6-7-11-14-17-20(30)28(15-16-12-9-8-10-13-16)23-25-19-18(29(23)21(17)31)22(32)27(3)24(33)26(19)2/h8-10,12-13,30H,4-7,11,14-15H2,1-3H3. The number of imidazole rings is 1. The Morgan fingerprint density at radius 1 is 0.909 bits per heavy atom. The fourth-order valence-corrected chi connectivity index (χ4v) is 4.28. The molecule has 0 amide bonds. The van der Waals surface area contributed by atoms with Crippen molar-refractivity contribution < 1.29 is 5.11 Å². The number of aromatic hydroxyl groups is 1. The maximum absolute atomic E-state index is 13.5. The van der Waals surface area contributed by atoms with Gasteiger partial charge >= 0.3 is 5.69 Å². The number of rotatable bonds is 8. The van der Waals surface area contributed by atoms with Gasteiger partial charge in [0.1, 0.15) is 0 Å². The summed E-state index contributed by atoms with van der Waals surface area (Å²) < 4.78 is 5.01. The van der Waals surface area contributed by atoms with Gasteiger partial charge in [-0.3, -0.25) is 23.3 Å². The number of aromatic nitrogens is 5. The second-order valence-corrected chi connectivity index (χ2v) is 8.47. The van der Waals surface area contributed by atoms with E-state index < -0.39 is 16.8 Å². The molecule has 0 unspecified atom stereocenters. The van der Waals surface area contributed by atoms with Gasteiger partial charge in [-0.25, -0.2) is 9.20 Å². The van der Waals surface area contributed by atoms with Crippen LogP contribution in [-0.4, -0.2) is 28.2 Å². The third-order valence-corrected chi connectivity index (χ3v) is 6.18. The zero-order valence-corrected chi connectivity index (χ0v) is 19.2. The molecule has 0 saturated carbocycles. The van der Waals surface area contributed by atoms with Gasteiger partial charge in [-0.2, -0.15) is 4.98 Å². The Balaban J connectivity index is 2.00. The average Bonchev–Trinajstić information content (AvgIpc) is 3.22. The van der Waals surface area contributed by atoms with Gasteiger partial charge in [0.2, 0.25) is 11.7 Å². The van der Waals surface area contributed by atoms with Gasteiger partial charge in [0.05, 0.1) is 12.1 Å². The molecule has 0 fully saturated rings. The lowest BCUT2D eigenvalue weighted by molar-refractivity contribution is 0.410. The molecule has 0 radical (unpaired) electrons. The molecule has 0 atom stereocenters. The Kier molecular flexibility index (Phi) is 6.22. The second-order valence-electron chi connectivity index (χ2n) is 8.47. The topological polar surface area (TPSA) is 104 Å². The lowest BCUT2D eigenvalue weighted by Crippen LogP contribution is -2.38. The molecule has 1 aromatic carbocycles. The average molecular weight is 452 g/mol. The van der Waals surface area contributed by atoms with Crippen LogP contribution in [0.5, 0.6) is 5.88 Å². The molecule has 9 nitrogen and oxygen atoms in total. The van der Waals surface area contributed by atoms with Gasteiger partial charge in [-0.05, 0) is 18.4 Å². The van der Waals surface area contributed by atoms with Crippen molar-refractivity contribution >= 4 is 16.9 Å². The Labute approximate surface area is 190 Å². The van der Waals surface area contributed by atoms with Crippen LogP contribution in [0.15, 0.2) is 44.7 Å². The number of fused-ring (bicyclic) bond motifs is 3. The molecule has 0 aliphatic carbocycles. The highest BCUT2D eigenvalue weighted by molar-refractivity contribution is 5.75. The summed E-state index contributed by atoms with van der Waals surface area (Å²) in [6, 6.07) is 9.51. The van der Waals surface area contributed by atoms with E-state index in [0.717, 1.165) is 42.2 Å². The Morgan fingerprint density at radius 3 is 2.30 bits per heavy atom. The van der Waals surface area contributed by atoms with E-state index in [1.54, 1.807) is 4.57 Å². The Morgan fingerprint density at radius 2 is 1.61 bits per heavy atom. The molecule has 0 aliphatic heterocycles. The number of benzene rings is 1. The number of unbranched alkanes of at least 4 members (excludes halogenated alkanes) is 4. The third kappa shape index (κ3) is 3.88. The molecule has 1 N–H and O–H groups in total. The largest absolute Gasteiger partial charge is 0.494 e. The lowest BCUT2D eigenvalue weighted by atomic mass is 10.1. The van der Waals surface area contributed by atoms with Crippen LogP contribution < -0.4 is 16.8 Å². The zero-order chi connectivity index (χ0) is 23.7. The molecule has 33 heavy (non-hydrogen) atoms. The van der Waals surface area contributed by atoms with E-state index in [-0.39, 0.29) is 34.9 Å².